The molecule has 10 heteroatoms. The van der Waals surface area contributed by atoms with Crippen LogP contribution in [0, 0.1) is 16.7 Å². The van der Waals surface area contributed by atoms with Crippen molar-refractivity contribution in [3.63, 3.8) is 0 Å². The van der Waals surface area contributed by atoms with Crippen LogP contribution in [-0.4, -0.2) is 34.0 Å². The number of nitrogens with zero attached hydrogens (tertiary/aromatic N) is 4. The first-order chi connectivity index (χ1) is 19.3. The molecule has 0 saturated carbocycles. The average molecular weight is 570 g/mol. The van der Waals surface area contributed by atoms with Crippen LogP contribution < -0.4 is 14.8 Å². The lowest BCUT2D eigenvalue weighted by atomic mass is 9.98. The van der Waals surface area contributed by atoms with Gasteiger partial charge in [0, 0.05) is 28.1 Å². The fourth-order valence-corrected chi connectivity index (χ4v) is 5.35. The van der Waals surface area contributed by atoms with E-state index in [0.717, 1.165) is 16.8 Å². The zero-order valence-corrected chi connectivity index (χ0v) is 24.1. The summed E-state index contributed by atoms with van der Waals surface area (Å²) in [6.07, 6.45) is 5.53. The number of aromatic nitrogens is 3. The third kappa shape index (κ3) is 5.91. The second-order valence-electron chi connectivity index (χ2n) is 10.1. The number of benzene rings is 2. The fourth-order valence-electron chi connectivity index (χ4n) is 3.92. The summed E-state index contributed by atoms with van der Waals surface area (Å²) in [5.74, 6) is 0.958. The Morgan fingerprint density at radius 1 is 1.12 bits per heavy atom. The molecular formula is C30H27N5O3S2. The summed E-state index contributed by atoms with van der Waals surface area (Å²) < 4.78 is 13.5. The van der Waals surface area contributed by atoms with Gasteiger partial charge in [0.15, 0.2) is 21.6 Å². The van der Waals surface area contributed by atoms with Gasteiger partial charge in [0.1, 0.15) is 5.69 Å². The number of imidazole rings is 1. The van der Waals surface area contributed by atoms with E-state index >= 15 is 0 Å². The van der Waals surface area contributed by atoms with Gasteiger partial charge >= 0.3 is 0 Å². The summed E-state index contributed by atoms with van der Waals surface area (Å²) in [6, 6.07) is 15.0. The van der Waals surface area contributed by atoms with Crippen molar-refractivity contribution >= 4 is 50.8 Å². The van der Waals surface area contributed by atoms with Crippen molar-refractivity contribution < 1.29 is 14.3 Å². The Kier molecular flexibility index (Phi) is 7.69. The standard InChI is InChI=1S/C30H27N5O3S2/c1-30(2,3)18-38-26-21(6-5-7-24(26)37-4)12-13-22-25(35-14-15-39-29(35)33-22)27(36)34-28-32-23(17-40-28)20-10-8-19(16-31)9-11-20/h5-15,17H,18H2,1-4H3,(H,32,34,36). The summed E-state index contributed by atoms with van der Waals surface area (Å²) in [4.78, 5) is 23.5. The van der Waals surface area contributed by atoms with Gasteiger partial charge in [0.2, 0.25) is 0 Å². The van der Waals surface area contributed by atoms with Crippen molar-refractivity contribution in [1.82, 2.24) is 14.4 Å². The van der Waals surface area contributed by atoms with Gasteiger partial charge < -0.3 is 9.47 Å². The lowest BCUT2D eigenvalue weighted by Gasteiger charge is -2.21. The Morgan fingerprint density at radius 3 is 2.65 bits per heavy atom. The number of anilines is 1. The van der Waals surface area contributed by atoms with Gasteiger partial charge in [-0.2, -0.15) is 5.26 Å². The highest BCUT2D eigenvalue weighted by atomic mass is 32.1. The van der Waals surface area contributed by atoms with Gasteiger partial charge in [-0.05, 0) is 35.8 Å². The molecule has 1 amide bonds. The smallest absolute Gasteiger partial charge is 0.276 e. The Labute approximate surface area is 240 Å². The van der Waals surface area contributed by atoms with E-state index in [-0.39, 0.29) is 11.3 Å². The number of hydrogen-bond donors (Lipinski definition) is 1. The van der Waals surface area contributed by atoms with Crippen LogP contribution in [0.4, 0.5) is 5.13 Å². The second-order valence-corrected chi connectivity index (χ2v) is 11.9. The lowest BCUT2D eigenvalue weighted by Crippen LogP contribution is -2.17. The summed E-state index contributed by atoms with van der Waals surface area (Å²) in [5, 5.41) is 16.2. The van der Waals surface area contributed by atoms with Crippen LogP contribution in [0.15, 0.2) is 59.4 Å². The van der Waals surface area contributed by atoms with Crippen LogP contribution in [0.5, 0.6) is 11.5 Å². The molecule has 40 heavy (non-hydrogen) atoms. The number of methoxy groups -OCH3 is 1. The predicted molar refractivity (Wildman–Crippen MR) is 160 cm³/mol. The van der Waals surface area contributed by atoms with E-state index < -0.39 is 0 Å². The third-order valence-electron chi connectivity index (χ3n) is 5.84. The minimum atomic E-state index is -0.318. The Morgan fingerprint density at radius 2 is 1.93 bits per heavy atom. The minimum absolute atomic E-state index is 0.0306. The predicted octanol–water partition coefficient (Wildman–Crippen LogP) is 7.25. The number of ether oxygens (including phenoxy) is 2. The first-order valence-electron chi connectivity index (χ1n) is 12.5. The zero-order chi connectivity index (χ0) is 28.3. The average Bonchev–Trinajstić information content (AvgIpc) is 3.67. The van der Waals surface area contributed by atoms with Gasteiger partial charge in [-0.25, -0.2) is 9.97 Å². The second kappa shape index (κ2) is 11.3. The molecule has 0 spiro atoms. The SMILES string of the molecule is COc1cccc(C=Cc2nc3sccn3c2C(=O)Nc2nc(-c3ccc(C#N)cc3)cs2)c1OCC(C)(C)C. The molecule has 0 aliphatic heterocycles. The molecule has 0 aliphatic carbocycles. The van der Waals surface area contributed by atoms with Crippen molar-refractivity contribution in [3.05, 3.63) is 81.9 Å². The first kappa shape index (κ1) is 27.1. The van der Waals surface area contributed by atoms with E-state index in [1.165, 1.54) is 22.7 Å². The molecule has 8 nitrogen and oxygen atoms in total. The highest BCUT2D eigenvalue weighted by Gasteiger charge is 2.21. The summed E-state index contributed by atoms with van der Waals surface area (Å²) in [7, 11) is 1.62. The van der Waals surface area contributed by atoms with E-state index in [0.29, 0.717) is 45.1 Å². The van der Waals surface area contributed by atoms with Gasteiger partial charge in [-0.15, -0.1) is 22.7 Å². The molecule has 0 atom stereocenters. The molecule has 2 aromatic carbocycles. The van der Waals surface area contributed by atoms with E-state index in [2.05, 4.69) is 37.1 Å². The molecular weight excluding hydrogens is 542 g/mol. The molecule has 0 bridgehead atoms. The first-order valence-corrected chi connectivity index (χ1v) is 14.2. The maximum absolute atomic E-state index is 13.5. The number of nitrogens with one attached hydrogen (secondary N) is 1. The van der Waals surface area contributed by atoms with Crippen LogP contribution in [0.3, 0.4) is 0 Å². The molecule has 0 unspecified atom stereocenters. The van der Waals surface area contributed by atoms with E-state index in [4.69, 9.17) is 19.7 Å². The van der Waals surface area contributed by atoms with Crippen molar-refractivity contribution in [2.75, 3.05) is 19.0 Å². The third-order valence-corrected chi connectivity index (χ3v) is 7.35. The Hall–Kier alpha value is -4.46. The number of amides is 1. The van der Waals surface area contributed by atoms with Crippen LogP contribution in [0.2, 0.25) is 0 Å². The number of nitriles is 1. The molecule has 5 aromatic rings. The summed E-state index contributed by atoms with van der Waals surface area (Å²) >= 11 is 2.78. The molecule has 0 saturated heterocycles. The van der Waals surface area contributed by atoms with Crippen LogP contribution >= 0.6 is 22.7 Å². The van der Waals surface area contributed by atoms with Crippen LogP contribution in [0.1, 0.15) is 48.1 Å². The van der Waals surface area contributed by atoms with Crippen LogP contribution in [0.25, 0.3) is 28.4 Å². The highest BCUT2D eigenvalue weighted by Crippen LogP contribution is 2.34. The van der Waals surface area contributed by atoms with E-state index in [1.54, 1.807) is 23.6 Å². The maximum Gasteiger partial charge on any atom is 0.276 e. The minimum Gasteiger partial charge on any atom is -0.493 e. The van der Waals surface area contributed by atoms with Crippen molar-refractivity contribution in [2.45, 2.75) is 20.8 Å². The molecule has 0 aliphatic rings. The Balaban J connectivity index is 1.42. The maximum atomic E-state index is 13.5. The normalized spacial score (nSPS) is 11.6. The van der Waals surface area contributed by atoms with Crippen molar-refractivity contribution in [1.29, 1.82) is 5.26 Å². The fraction of sp³-hybridized carbons (Fsp3) is 0.200. The number of rotatable bonds is 8. The monoisotopic (exact) mass is 569 g/mol. The number of thiazole rings is 2. The van der Waals surface area contributed by atoms with Crippen molar-refractivity contribution in [2.24, 2.45) is 5.41 Å². The summed E-state index contributed by atoms with van der Waals surface area (Å²) in [5.41, 5.74) is 3.89. The van der Waals surface area contributed by atoms with Gasteiger partial charge in [-0.3, -0.25) is 14.5 Å². The lowest BCUT2D eigenvalue weighted by molar-refractivity contribution is 0.102. The highest BCUT2D eigenvalue weighted by molar-refractivity contribution is 7.15. The largest absolute Gasteiger partial charge is 0.493 e. The number of para-hydroxylation sites is 1. The molecule has 5 rings (SSSR count). The van der Waals surface area contributed by atoms with Gasteiger partial charge in [0.05, 0.1) is 36.7 Å². The molecule has 0 fully saturated rings. The zero-order valence-electron chi connectivity index (χ0n) is 22.5. The summed E-state index contributed by atoms with van der Waals surface area (Å²) in [6.45, 7) is 6.84. The molecule has 3 aromatic heterocycles. The van der Waals surface area contributed by atoms with Crippen molar-refractivity contribution in [3.8, 4) is 28.8 Å². The topological polar surface area (TPSA) is 102 Å². The number of carbonyl (C=O) groups is 1. The van der Waals surface area contributed by atoms with Gasteiger partial charge in [-0.1, -0.05) is 45.0 Å². The molecule has 3 heterocycles. The number of hydrogen-bond acceptors (Lipinski definition) is 8. The Bertz CT molecular complexity index is 1730. The quantitative estimate of drug-likeness (QED) is 0.211. The van der Waals surface area contributed by atoms with E-state index in [1.807, 2.05) is 59.4 Å². The number of carbonyl (C=O) groups excluding carboxylic acids is 1. The van der Waals surface area contributed by atoms with Gasteiger partial charge in [0.25, 0.3) is 5.91 Å². The van der Waals surface area contributed by atoms with Crippen LogP contribution in [-0.2, 0) is 0 Å². The number of fused-ring (bicyclic) bond motifs is 1. The molecule has 202 valence electrons. The molecule has 1 N–H and O–H groups in total. The van der Waals surface area contributed by atoms with E-state index in [9.17, 15) is 4.79 Å². The molecule has 0 radical (unpaired) electrons.